The third-order valence-electron chi connectivity index (χ3n) is 3.90. The van der Waals surface area contributed by atoms with E-state index in [4.69, 9.17) is 0 Å². The van der Waals surface area contributed by atoms with Crippen molar-refractivity contribution in [2.45, 2.75) is 31.7 Å². The zero-order valence-corrected chi connectivity index (χ0v) is 11.6. The van der Waals surface area contributed by atoms with Gasteiger partial charge in [-0.05, 0) is 55.5 Å². The first-order valence-corrected chi connectivity index (χ1v) is 7.34. The zero-order valence-electron chi connectivity index (χ0n) is 10.8. The Morgan fingerprint density at radius 1 is 1.44 bits per heavy atom. The highest BCUT2D eigenvalue weighted by molar-refractivity contribution is 7.10. The van der Waals surface area contributed by atoms with Gasteiger partial charge in [0.05, 0.1) is 0 Å². The second-order valence-electron chi connectivity index (χ2n) is 4.93. The highest BCUT2D eigenvalue weighted by atomic mass is 32.1. The van der Waals surface area contributed by atoms with Crippen LogP contribution in [0.2, 0.25) is 0 Å². The number of nitrogens with zero attached hydrogens (tertiary/aromatic N) is 1. The number of rotatable bonds is 3. The van der Waals surface area contributed by atoms with Crippen LogP contribution in [0, 0.1) is 6.92 Å². The van der Waals surface area contributed by atoms with Crippen LogP contribution in [-0.4, -0.2) is 12.0 Å². The Balaban J connectivity index is 1.98. The van der Waals surface area contributed by atoms with E-state index in [9.17, 15) is 0 Å². The predicted octanol–water partition coefficient (Wildman–Crippen LogP) is 3.44. The van der Waals surface area contributed by atoms with Crippen molar-refractivity contribution in [3.05, 3.63) is 51.5 Å². The molecule has 2 aromatic heterocycles. The normalized spacial score (nSPS) is 19.8. The maximum atomic E-state index is 4.61. The van der Waals surface area contributed by atoms with Gasteiger partial charge in [-0.1, -0.05) is 6.07 Å². The molecule has 1 aliphatic rings. The summed E-state index contributed by atoms with van der Waals surface area (Å²) >= 11 is 1.85. The fraction of sp³-hybridized carbons (Fsp3) is 0.400. The van der Waals surface area contributed by atoms with Crippen LogP contribution in [0.5, 0.6) is 0 Å². The highest BCUT2D eigenvalue weighted by Crippen LogP contribution is 2.42. The third kappa shape index (κ3) is 1.88. The summed E-state index contributed by atoms with van der Waals surface area (Å²) in [6.45, 7) is 2.20. The molecule has 94 valence electrons. The van der Waals surface area contributed by atoms with E-state index in [1.54, 1.807) is 0 Å². The largest absolute Gasteiger partial charge is 0.312 e. The van der Waals surface area contributed by atoms with Gasteiger partial charge >= 0.3 is 0 Å². The Bertz CT molecular complexity index is 547. The van der Waals surface area contributed by atoms with Gasteiger partial charge in [-0.15, -0.1) is 11.3 Å². The first-order valence-electron chi connectivity index (χ1n) is 6.46. The van der Waals surface area contributed by atoms with Crippen molar-refractivity contribution in [2.24, 2.45) is 0 Å². The Labute approximate surface area is 112 Å². The van der Waals surface area contributed by atoms with E-state index in [1.807, 2.05) is 23.6 Å². The van der Waals surface area contributed by atoms with Gasteiger partial charge in [-0.3, -0.25) is 4.98 Å². The second kappa shape index (κ2) is 4.82. The quantitative estimate of drug-likeness (QED) is 0.912. The van der Waals surface area contributed by atoms with Crippen LogP contribution in [0.15, 0.2) is 29.8 Å². The van der Waals surface area contributed by atoms with Crippen molar-refractivity contribution >= 4 is 11.3 Å². The minimum absolute atomic E-state index is 0.404. The molecule has 3 rings (SSSR count). The highest BCUT2D eigenvalue weighted by Gasteiger charge is 2.32. The van der Waals surface area contributed by atoms with Crippen LogP contribution in [0.3, 0.4) is 0 Å². The van der Waals surface area contributed by atoms with Crippen molar-refractivity contribution in [3.63, 3.8) is 0 Å². The van der Waals surface area contributed by atoms with Gasteiger partial charge in [-0.2, -0.15) is 0 Å². The van der Waals surface area contributed by atoms with Crippen molar-refractivity contribution in [1.29, 1.82) is 0 Å². The topological polar surface area (TPSA) is 24.9 Å². The maximum absolute atomic E-state index is 4.61. The van der Waals surface area contributed by atoms with Crippen LogP contribution in [0.4, 0.5) is 0 Å². The summed E-state index contributed by atoms with van der Waals surface area (Å²) in [5.74, 6) is 0.517. The van der Waals surface area contributed by atoms with Crippen LogP contribution < -0.4 is 5.32 Å². The molecule has 0 bridgehead atoms. The van der Waals surface area contributed by atoms with Gasteiger partial charge in [0.15, 0.2) is 0 Å². The van der Waals surface area contributed by atoms with E-state index in [0.717, 1.165) is 6.42 Å². The van der Waals surface area contributed by atoms with E-state index >= 15 is 0 Å². The van der Waals surface area contributed by atoms with Crippen molar-refractivity contribution in [3.8, 4) is 0 Å². The molecule has 18 heavy (non-hydrogen) atoms. The van der Waals surface area contributed by atoms with E-state index < -0.39 is 0 Å². The molecule has 2 heterocycles. The summed E-state index contributed by atoms with van der Waals surface area (Å²) in [6.07, 6.45) is 4.29. The van der Waals surface area contributed by atoms with Gasteiger partial charge in [-0.25, -0.2) is 0 Å². The lowest BCUT2D eigenvalue weighted by Crippen LogP contribution is -2.22. The van der Waals surface area contributed by atoms with Crippen LogP contribution in [0.1, 0.15) is 40.1 Å². The average Bonchev–Trinajstić information content (AvgIpc) is 2.99. The number of nitrogens with one attached hydrogen (secondary N) is 1. The zero-order chi connectivity index (χ0) is 12.5. The number of pyridine rings is 1. The fourth-order valence-corrected chi connectivity index (χ4v) is 4.09. The molecule has 2 unspecified atom stereocenters. The summed E-state index contributed by atoms with van der Waals surface area (Å²) < 4.78 is 0. The summed E-state index contributed by atoms with van der Waals surface area (Å²) in [5.41, 5.74) is 4.12. The number of fused-ring (bicyclic) bond motifs is 1. The molecule has 0 saturated carbocycles. The molecular formula is C15H18N2S. The van der Waals surface area contributed by atoms with Gasteiger partial charge in [0.1, 0.15) is 0 Å². The number of aromatic nitrogens is 1. The number of thiophene rings is 1. The number of hydrogen-bond donors (Lipinski definition) is 1. The van der Waals surface area contributed by atoms with Crippen LogP contribution >= 0.6 is 11.3 Å². The third-order valence-corrected chi connectivity index (χ3v) is 5.00. The van der Waals surface area contributed by atoms with Gasteiger partial charge in [0.2, 0.25) is 0 Å². The molecule has 0 amide bonds. The molecule has 0 fully saturated rings. The Morgan fingerprint density at radius 2 is 2.33 bits per heavy atom. The first-order chi connectivity index (χ1) is 8.81. The van der Waals surface area contributed by atoms with E-state index in [2.05, 4.69) is 41.8 Å². The summed E-state index contributed by atoms with van der Waals surface area (Å²) in [5, 5.41) is 5.68. The predicted molar refractivity (Wildman–Crippen MR) is 76.2 cm³/mol. The van der Waals surface area contributed by atoms with E-state index in [1.165, 1.54) is 28.1 Å². The monoisotopic (exact) mass is 258 g/mol. The van der Waals surface area contributed by atoms with Crippen molar-refractivity contribution < 1.29 is 0 Å². The van der Waals surface area contributed by atoms with Crippen molar-refractivity contribution in [1.82, 2.24) is 10.3 Å². The van der Waals surface area contributed by atoms with Gasteiger partial charge < -0.3 is 5.32 Å². The molecule has 0 radical (unpaired) electrons. The minimum atomic E-state index is 0.404. The lowest BCUT2D eigenvalue weighted by atomic mass is 9.94. The van der Waals surface area contributed by atoms with Crippen LogP contribution in [-0.2, 0) is 6.42 Å². The number of hydrogen-bond acceptors (Lipinski definition) is 3. The molecule has 0 spiro atoms. The molecule has 2 nitrogen and oxygen atoms in total. The molecule has 0 aliphatic heterocycles. The smallest absolute Gasteiger partial charge is 0.0500 e. The molecule has 3 heteroatoms. The second-order valence-corrected chi connectivity index (χ2v) is 5.87. The molecule has 0 saturated heterocycles. The average molecular weight is 258 g/mol. The summed E-state index contributed by atoms with van der Waals surface area (Å²) in [6, 6.07) is 6.88. The minimum Gasteiger partial charge on any atom is -0.312 e. The maximum Gasteiger partial charge on any atom is 0.0500 e. The molecule has 1 N–H and O–H groups in total. The first kappa shape index (κ1) is 11.9. The lowest BCUT2D eigenvalue weighted by molar-refractivity contribution is 0.475. The van der Waals surface area contributed by atoms with Crippen LogP contribution in [0.25, 0.3) is 0 Å². The number of aryl methyl sites for hydroxylation is 2. The Kier molecular flexibility index (Phi) is 3.18. The molecule has 0 aromatic carbocycles. The SMILES string of the molecule is CNC(c1sccc1C)C1CCc2cccnc21. The molecule has 2 atom stereocenters. The molecular weight excluding hydrogens is 240 g/mol. The standard InChI is InChI=1S/C15H18N2S/c1-10-7-9-18-15(10)14(16-2)12-6-5-11-4-3-8-17-13(11)12/h3-4,7-9,12,14,16H,5-6H2,1-2H3. The lowest BCUT2D eigenvalue weighted by Gasteiger charge is -2.23. The van der Waals surface area contributed by atoms with Crippen molar-refractivity contribution in [2.75, 3.05) is 7.05 Å². The molecule has 2 aromatic rings. The summed E-state index contributed by atoms with van der Waals surface area (Å²) in [4.78, 5) is 6.07. The molecule has 1 aliphatic carbocycles. The fourth-order valence-electron chi connectivity index (χ4n) is 2.99. The van der Waals surface area contributed by atoms with E-state index in [0.29, 0.717) is 12.0 Å². The number of likely N-dealkylation sites (N-methyl/N-ethyl adjacent to an activating group) is 1. The van der Waals surface area contributed by atoms with E-state index in [-0.39, 0.29) is 0 Å². The Morgan fingerprint density at radius 3 is 3.06 bits per heavy atom. The van der Waals surface area contributed by atoms with Gasteiger partial charge in [0.25, 0.3) is 0 Å². The Hall–Kier alpha value is -1.19. The van der Waals surface area contributed by atoms with Gasteiger partial charge in [0, 0.05) is 28.7 Å². The summed E-state index contributed by atoms with van der Waals surface area (Å²) in [7, 11) is 2.06.